The van der Waals surface area contributed by atoms with Gasteiger partial charge in [-0.25, -0.2) is 4.79 Å². The summed E-state index contributed by atoms with van der Waals surface area (Å²) in [6.45, 7) is 3.98. The second-order valence-corrected chi connectivity index (χ2v) is 4.83. The predicted octanol–water partition coefficient (Wildman–Crippen LogP) is 3.98. The van der Waals surface area contributed by atoms with E-state index in [0.29, 0.717) is 0 Å². The minimum Gasteiger partial charge on any atom is -0.478 e. The van der Waals surface area contributed by atoms with E-state index in [9.17, 15) is 4.79 Å². The van der Waals surface area contributed by atoms with Crippen molar-refractivity contribution < 1.29 is 9.90 Å². The molecule has 98 valence electrons. The average molecular weight is 273 g/mol. The lowest BCUT2D eigenvalue weighted by molar-refractivity contribution is 0.0695. The Balaban J connectivity index is 2.53. The molecule has 2 N–H and O–H groups in total. The van der Waals surface area contributed by atoms with Crippen LogP contribution in [0, 0.1) is 11.6 Å². The Morgan fingerprint density at radius 3 is 2.47 bits per heavy atom. The molecular weight excluding hydrogens is 258 g/mol. The molecule has 0 radical (unpaired) electrons. The summed E-state index contributed by atoms with van der Waals surface area (Å²) < 4.78 is 0.257. The quantitative estimate of drug-likeness (QED) is 0.832. The molecule has 0 fully saturated rings. The number of carbonyl (C=O) groups is 1. The molecular formula is C15H15NO2S. The SMILES string of the molecule is CCc1ccc(-c2[nH]c(=S)c(C(=O)O)cc2C)cc1. The zero-order valence-electron chi connectivity index (χ0n) is 10.9. The molecule has 3 nitrogen and oxygen atoms in total. The van der Waals surface area contributed by atoms with Crippen molar-refractivity contribution in [1.29, 1.82) is 0 Å². The number of benzene rings is 1. The smallest absolute Gasteiger partial charge is 0.338 e. The maximum Gasteiger partial charge on any atom is 0.338 e. The van der Waals surface area contributed by atoms with E-state index in [0.717, 1.165) is 23.2 Å². The Bertz CT molecular complexity index is 672. The summed E-state index contributed by atoms with van der Waals surface area (Å²) in [5, 5.41) is 9.03. The zero-order chi connectivity index (χ0) is 14.0. The third-order valence-electron chi connectivity index (χ3n) is 3.12. The molecule has 0 aliphatic heterocycles. The summed E-state index contributed by atoms with van der Waals surface area (Å²) in [4.78, 5) is 14.0. The number of aromatic nitrogens is 1. The first-order valence-corrected chi connectivity index (χ1v) is 6.50. The third-order valence-corrected chi connectivity index (χ3v) is 3.44. The van der Waals surface area contributed by atoms with Crippen LogP contribution in [-0.2, 0) is 6.42 Å². The Hall–Kier alpha value is -1.94. The standard InChI is InChI=1S/C15H15NO2S/c1-3-10-4-6-11(7-5-10)13-9(2)8-12(15(17)18)14(19)16-13/h4-8H,3H2,1-2H3,(H,16,19)(H,17,18). The largest absolute Gasteiger partial charge is 0.478 e. The van der Waals surface area contributed by atoms with Gasteiger partial charge in [-0.15, -0.1) is 0 Å². The van der Waals surface area contributed by atoms with Crippen LogP contribution in [-0.4, -0.2) is 16.1 Å². The van der Waals surface area contributed by atoms with Gasteiger partial charge in [0.05, 0.1) is 5.56 Å². The van der Waals surface area contributed by atoms with Gasteiger partial charge in [0.25, 0.3) is 0 Å². The van der Waals surface area contributed by atoms with Crippen LogP contribution >= 0.6 is 12.2 Å². The molecule has 0 bridgehead atoms. The molecule has 2 aromatic rings. The van der Waals surface area contributed by atoms with Crippen molar-refractivity contribution in [2.45, 2.75) is 20.3 Å². The van der Waals surface area contributed by atoms with Crippen molar-refractivity contribution in [1.82, 2.24) is 4.98 Å². The molecule has 0 saturated carbocycles. The van der Waals surface area contributed by atoms with Crippen molar-refractivity contribution in [3.63, 3.8) is 0 Å². The van der Waals surface area contributed by atoms with Crippen LogP contribution in [0.5, 0.6) is 0 Å². The van der Waals surface area contributed by atoms with Gasteiger partial charge in [-0.3, -0.25) is 0 Å². The highest BCUT2D eigenvalue weighted by atomic mass is 32.1. The van der Waals surface area contributed by atoms with Gasteiger partial charge in [0.15, 0.2) is 0 Å². The molecule has 0 spiro atoms. The van der Waals surface area contributed by atoms with Crippen LogP contribution in [0.2, 0.25) is 0 Å². The normalized spacial score (nSPS) is 10.4. The highest BCUT2D eigenvalue weighted by Gasteiger charge is 2.10. The number of aryl methyl sites for hydroxylation is 2. The van der Waals surface area contributed by atoms with E-state index in [2.05, 4.69) is 24.0 Å². The second-order valence-electron chi connectivity index (χ2n) is 4.43. The molecule has 1 aromatic carbocycles. The Morgan fingerprint density at radius 1 is 1.32 bits per heavy atom. The van der Waals surface area contributed by atoms with Gasteiger partial charge in [0.2, 0.25) is 0 Å². The van der Waals surface area contributed by atoms with Crippen LogP contribution in [0.3, 0.4) is 0 Å². The van der Waals surface area contributed by atoms with Crippen molar-refractivity contribution in [2.24, 2.45) is 0 Å². The van der Waals surface area contributed by atoms with Gasteiger partial charge in [-0.1, -0.05) is 43.4 Å². The van der Waals surface area contributed by atoms with E-state index >= 15 is 0 Å². The van der Waals surface area contributed by atoms with Crippen LogP contribution in [0.25, 0.3) is 11.3 Å². The molecule has 0 aliphatic rings. The first kappa shape index (κ1) is 13.5. The fraction of sp³-hybridized carbons (Fsp3) is 0.200. The monoisotopic (exact) mass is 273 g/mol. The van der Waals surface area contributed by atoms with E-state index in [1.807, 2.05) is 19.1 Å². The maximum atomic E-state index is 11.0. The molecule has 0 atom stereocenters. The molecule has 1 heterocycles. The van der Waals surface area contributed by atoms with E-state index < -0.39 is 5.97 Å². The Morgan fingerprint density at radius 2 is 1.95 bits per heavy atom. The zero-order valence-corrected chi connectivity index (χ0v) is 11.7. The highest BCUT2D eigenvalue weighted by molar-refractivity contribution is 7.71. The number of aromatic amines is 1. The first-order chi connectivity index (χ1) is 9.02. The summed E-state index contributed by atoms with van der Waals surface area (Å²) in [6, 6.07) is 9.79. The minimum absolute atomic E-state index is 0.140. The topological polar surface area (TPSA) is 53.1 Å². The van der Waals surface area contributed by atoms with E-state index in [1.165, 1.54) is 5.56 Å². The first-order valence-electron chi connectivity index (χ1n) is 6.09. The lowest BCUT2D eigenvalue weighted by Gasteiger charge is -2.08. The van der Waals surface area contributed by atoms with Crippen molar-refractivity contribution in [3.05, 3.63) is 51.7 Å². The lowest BCUT2D eigenvalue weighted by atomic mass is 10.0. The summed E-state index contributed by atoms with van der Waals surface area (Å²) in [7, 11) is 0. The van der Waals surface area contributed by atoms with E-state index in [-0.39, 0.29) is 10.2 Å². The molecule has 4 heteroatoms. The Labute approximate surface area is 116 Å². The second kappa shape index (κ2) is 5.36. The molecule has 0 amide bonds. The molecule has 19 heavy (non-hydrogen) atoms. The van der Waals surface area contributed by atoms with Crippen LogP contribution in [0.15, 0.2) is 30.3 Å². The number of rotatable bonds is 3. The number of pyridine rings is 1. The number of aromatic carboxylic acids is 1. The van der Waals surface area contributed by atoms with Crippen molar-refractivity contribution in [2.75, 3.05) is 0 Å². The summed E-state index contributed by atoms with van der Waals surface area (Å²) in [5.74, 6) is -1.00. The fourth-order valence-electron chi connectivity index (χ4n) is 2.00. The molecule has 0 unspecified atom stereocenters. The molecule has 0 saturated heterocycles. The van der Waals surface area contributed by atoms with E-state index in [4.69, 9.17) is 17.3 Å². The fourth-order valence-corrected chi connectivity index (χ4v) is 2.25. The number of nitrogens with one attached hydrogen (secondary N) is 1. The summed E-state index contributed by atoms with van der Waals surface area (Å²) in [5.41, 5.74) is 4.16. The van der Waals surface area contributed by atoms with Gasteiger partial charge >= 0.3 is 5.97 Å². The predicted molar refractivity (Wildman–Crippen MR) is 78.1 cm³/mol. The van der Waals surface area contributed by atoms with Gasteiger partial charge < -0.3 is 10.1 Å². The maximum absolute atomic E-state index is 11.0. The minimum atomic E-state index is -1.00. The van der Waals surface area contributed by atoms with Crippen LogP contribution < -0.4 is 0 Å². The van der Waals surface area contributed by atoms with Gasteiger partial charge in [0, 0.05) is 5.69 Å². The van der Waals surface area contributed by atoms with E-state index in [1.54, 1.807) is 6.07 Å². The van der Waals surface area contributed by atoms with Gasteiger partial charge in [-0.05, 0) is 36.1 Å². The number of hydrogen-bond acceptors (Lipinski definition) is 2. The molecule has 1 aromatic heterocycles. The molecule has 2 rings (SSSR count). The number of H-pyrrole nitrogens is 1. The van der Waals surface area contributed by atoms with Gasteiger partial charge in [-0.2, -0.15) is 0 Å². The van der Waals surface area contributed by atoms with Crippen molar-refractivity contribution >= 4 is 18.2 Å². The summed E-state index contributed by atoms with van der Waals surface area (Å²) in [6.07, 6.45) is 0.993. The lowest BCUT2D eigenvalue weighted by Crippen LogP contribution is -2.01. The van der Waals surface area contributed by atoms with Crippen molar-refractivity contribution in [3.8, 4) is 11.3 Å². The van der Waals surface area contributed by atoms with Crippen LogP contribution in [0.1, 0.15) is 28.4 Å². The highest BCUT2D eigenvalue weighted by Crippen LogP contribution is 2.23. The van der Waals surface area contributed by atoms with Crippen LogP contribution in [0.4, 0.5) is 0 Å². The summed E-state index contributed by atoms with van der Waals surface area (Å²) >= 11 is 5.09. The number of hydrogen-bond donors (Lipinski definition) is 2. The number of carboxylic acid groups (broad SMARTS) is 1. The third kappa shape index (κ3) is 2.74. The van der Waals surface area contributed by atoms with Gasteiger partial charge in [0.1, 0.15) is 4.64 Å². The Kier molecular flexibility index (Phi) is 3.81. The average Bonchev–Trinajstić information content (AvgIpc) is 2.41. The molecule has 0 aliphatic carbocycles. The number of carboxylic acids is 1.